The second-order valence-electron chi connectivity index (χ2n) is 8.21. The van der Waals surface area contributed by atoms with Gasteiger partial charge in [-0.3, -0.25) is 0 Å². The summed E-state index contributed by atoms with van der Waals surface area (Å²) >= 11 is 7.35. The van der Waals surface area contributed by atoms with E-state index in [1.807, 2.05) is 62.5 Å². The molecule has 1 atom stereocenters. The van der Waals surface area contributed by atoms with E-state index in [2.05, 4.69) is 22.3 Å². The Hall–Kier alpha value is -2.75. The SMILES string of the molecule is CCOc1ccc(C2NC(=S)N(CCCOC(C)C)C(C)=C2c2nc(-c3cccs3)no2)cc1. The molecule has 1 aliphatic rings. The van der Waals surface area contributed by atoms with Crippen molar-refractivity contribution >= 4 is 34.2 Å². The molecule has 180 valence electrons. The minimum atomic E-state index is -0.219. The zero-order chi connectivity index (χ0) is 24.1. The molecule has 3 aromatic rings. The van der Waals surface area contributed by atoms with Crippen LogP contribution in [0.25, 0.3) is 16.3 Å². The van der Waals surface area contributed by atoms with E-state index < -0.39 is 0 Å². The molecule has 0 bridgehead atoms. The maximum absolute atomic E-state index is 5.78. The molecule has 0 saturated heterocycles. The minimum Gasteiger partial charge on any atom is -0.494 e. The summed E-state index contributed by atoms with van der Waals surface area (Å²) in [6.07, 6.45) is 1.06. The number of rotatable bonds is 10. The standard InChI is InChI=1S/C25H30N4O3S2/c1-5-30-19-11-9-18(10-12-19)22-21(24-27-23(28-32-24)20-8-6-15-34-20)17(4)29(25(33)26-22)13-7-14-31-16(2)3/h6,8-12,15-16,22H,5,7,13-14H2,1-4H3,(H,26,33). The van der Waals surface area contributed by atoms with Crippen molar-refractivity contribution in [1.82, 2.24) is 20.4 Å². The number of hydrogen-bond donors (Lipinski definition) is 1. The summed E-state index contributed by atoms with van der Waals surface area (Å²) in [5, 5.41) is 10.4. The maximum Gasteiger partial charge on any atom is 0.258 e. The predicted molar refractivity (Wildman–Crippen MR) is 139 cm³/mol. The highest BCUT2D eigenvalue weighted by atomic mass is 32.1. The molecule has 0 saturated carbocycles. The Bertz CT molecular complexity index is 1120. The van der Waals surface area contributed by atoms with Gasteiger partial charge in [-0.05, 0) is 75.5 Å². The van der Waals surface area contributed by atoms with Gasteiger partial charge >= 0.3 is 0 Å². The van der Waals surface area contributed by atoms with Gasteiger partial charge in [-0.2, -0.15) is 4.98 Å². The normalized spacial score (nSPS) is 16.3. The van der Waals surface area contributed by atoms with Crippen molar-refractivity contribution in [1.29, 1.82) is 0 Å². The second kappa shape index (κ2) is 11.1. The van der Waals surface area contributed by atoms with Gasteiger partial charge < -0.3 is 24.2 Å². The highest BCUT2D eigenvalue weighted by molar-refractivity contribution is 7.80. The Balaban J connectivity index is 1.68. The number of ether oxygens (including phenoxy) is 2. The Labute approximate surface area is 209 Å². The molecule has 7 nitrogen and oxygen atoms in total. The van der Waals surface area contributed by atoms with Gasteiger partial charge in [0.05, 0.1) is 29.2 Å². The molecule has 1 aromatic carbocycles. The number of allylic oxidation sites excluding steroid dienone is 1. The number of thiophene rings is 1. The first-order valence-electron chi connectivity index (χ1n) is 11.5. The van der Waals surface area contributed by atoms with E-state index in [1.165, 1.54) is 0 Å². The highest BCUT2D eigenvalue weighted by Gasteiger charge is 2.34. The average Bonchev–Trinajstić information content (AvgIpc) is 3.51. The van der Waals surface area contributed by atoms with Crippen LogP contribution in [0.2, 0.25) is 0 Å². The summed E-state index contributed by atoms with van der Waals surface area (Å²) in [6, 6.07) is 11.8. The quantitative estimate of drug-likeness (QED) is 0.283. The van der Waals surface area contributed by atoms with Gasteiger partial charge in [-0.25, -0.2) is 0 Å². The molecule has 3 heterocycles. The topological polar surface area (TPSA) is 72.7 Å². The van der Waals surface area contributed by atoms with Crippen LogP contribution < -0.4 is 10.1 Å². The fourth-order valence-electron chi connectivity index (χ4n) is 3.88. The van der Waals surface area contributed by atoms with Crippen LogP contribution >= 0.6 is 23.6 Å². The third-order valence-electron chi connectivity index (χ3n) is 5.50. The van der Waals surface area contributed by atoms with E-state index in [0.717, 1.165) is 40.4 Å². The minimum absolute atomic E-state index is 0.205. The van der Waals surface area contributed by atoms with Crippen molar-refractivity contribution < 1.29 is 14.0 Å². The predicted octanol–water partition coefficient (Wildman–Crippen LogP) is 5.67. The summed E-state index contributed by atoms with van der Waals surface area (Å²) in [6.45, 7) is 10.1. The van der Waals surface area contributed by atoms with Crippen molar-refractivity contribution in [2.45, 2.75) is 46.3 Å². The lowest BCUT2D eigenvalue weighted by molar-refractivity contribution is 0.0749. The van der Waals surface area contributed by atoms with E-state index >= 15 is 0 Å². The average molecular weight is 499 g/mol. The maximum atomic E-state index is 5.78. The molecule has 9 heteroatoms. The summed E-state index contributed by atoms with van der Waals surface area (Å²) in [5.74, 6) is 1.90. The molecule has 4 rings (SSSR count). The van der Waals surface area contributed by atoms with Crippen molar-refractivity contribution in [2.75, 3.05) is 19.8 Å². The Morgan fingerprint density at radius 3 is 2.71 bits per heavy atom. The van der Waals surface area contributed by atoms with Crippen molar-refractivity contribution in [3.63, 3.8) is 0 Å². The van der Waals surface area contributed by atoms with E-state index in [4.69, 9.17) is 31.2 Å². The lowest BCUT2D eigenvalue weighted by Gasteiger charge is -2.37. The van der Waals surface area contributed by atoms with E-state index in [1.54, 1.807) is 11.3 Å². The molecular formula is C25H30N4O3S2. The summed E-state index contributed by atoms with van der Waals surface area (Å²) in [5.41, 5.74) is 2.95. The molecule has 0 amide bonds. The number of benzene rings is 1. The van der Waals surface area contributed by atoms with E-state index in [-0.39, 0.29) is 12.1 Å². The van der Waals surface area contributed by atoms with Gasteiger partial charge in [0, 0.05) is 18.8 Å². The molecule has 0 radical (unpaired) electrons. The van der Waals surface area contributed by atoms with Gasteiger partial charge in [-0.1, -0.05) is 23.4 Å². The third-order valence-corrected chi connectivity index (χ3v) is 6.70. The summed E-state index contributed by atoms with van der Waals surface area (Å²) in [7, 11) is 0. The monoisotopic (exact) mass is 498 g/mol. The lowest BCUT2D eigenvalue weighted by Crippen LogP contribution is -2.46. The van der Waals surface area contributed by atoms with Crippen LogP contribution in [0.1, 0.15) is 51.6 Å². The molecule has 0 fully saturated rings. The first-order valence-corrected chi connectivity index (χ1v) is 12.8. The number of nitrogens with zero attached hydrogens (tertiary/aromatic N) is 3. The van der Waals surface area contributed by atoms with Crippen LogP contribution in [0.15, 0.2) is 52.0 Å². The fraction of sp³-hybridized carbons (Fsp3) is 0.400. The van der Waals surface area contributed by atoms with Crippen LogP contribution in [0.4, 0.5) is 0 Å². The lowest BCUT2D eigenvalue weighted by atomic mass is 9.94. The van der Waals surface area contributed by atoms with E-state index in [0.29, 0.717) is 30.0 Å². The zero-order valence-corrected chi connectivity index (χ0v) is 21.5. The van der Waals surface area contributed by atoms with Gasteiger partial charge in [-0.15, -0.1) is 11.3 Å². The van der Waals surface area contributed by atoms with Crippen molar-refractivity contribution in [3.05, 3.63) is 58.9 Å². The molecular weight excluding hydrogens is 468 g/mol. The number of aromatic nitrogens is 2. The molecule has 1 N–H and O–H groups in total. The van der Waals surface area contributed by atoms with Crippen molar-refractivity contribution in [3.8, 4) is 16.5 Å². The summed E-state index contributed by atoms with van der Waals surface area (Å²) < 4.78 is 17.1. The fourth-order valence-corrected chi connectivity index (χ4v) is 4.88. The molecule has 1 aliphatic heterocycles. The Morgan fingerprint density at radius 2 is 2.03 bits per heavy atom. The van der Waals surface area contributed by atoms with Crippen LogP contribution in [0, 0.1) is 0 Å². The highest BCUT2D eigenvalue weighted by Crippen LogP contribution is 2.38. The summed E-state index contributed by atoms with van der Waals surface area (Å²) in [4.78, 5) is 7.80. The van der Waals surface area contributed by atoms with Crippen LogP contribution in [0.5, 0.6) is 5.75 Å². The Kier molecular flexibility index (Phi) is 7.97. The zero-order valence-electron chi connectivity index (χ0n) is 19.9. The first kappa shape index (κ1) is 24.4. The molecule has 2 aromatic heterocycles. The Morgan fingerprint density at radius 1 is 1.24 bits per heavy atom. The number of thiocarbonyl (C=S) groups is 1. The molecule has 34 heavy (non-hydrogen) atoms. The molecule has 0 spiro atoms. The van der Waals surface area contributed by atoms with Crippen molar-refractivity contribution in [2.24, 2.45) is 0 Å². The number of hydrogen-bond acceptors (Lipinski definition) is 7. The van der Waals surface area contributed by atoms with Gasteiger partial charge in [0.2, 0.25) is 5.82 Å². The first-order chi connectivity index (χ1) is 16.5. The largest absolute Gasteiger partial charge is 0.494 e. The molecule has 1 unspecified atom stereocenters. The van der Waals surface area contributed by atoms with Crippen LogP contribution in [-0.4, -0.2) is 46.0 Å². The van der Waals surface area contributed by atoms with E-state index in [9.17, 15) is 0 Å². The van der Waals surface area contributed by atoms with Gasteiger partial charge in [0.1, 0.15) is 5.75 Å². The third kappa shape index (κ3) is 5.48. The smallest absolute Gasteiger partial charge is 0.258 e. The second-order valence-corrected chi connectivity index (χ2v) is 9.54. The number of nitrogens with one attached hydrogen (secondary N) is 1. The van der Waals surface area contributed by atoms with Gasteiger partial charge in [0.15, 0.2) is 5.11 Å². The molecule has 0 aliphatic carbocycles. The van der Waals surface area contributed by atoms with Crippen LogP contribution in [-0.2, 0) is 4.74 Å². The van der Waals surface area contributed by atoms with Crippen LogP contribution in [0.3, 0.4) is 0 Å². The van der Waals surface area contributed by atoms with Gasteiger partial charge in [0.25, 0.3) is 5.89 Å².